The van der Waals surface area contributed by atoms with Gasteiger partial charge in [-0.05, 0) is 0 Å². The lowest BCUT2D eigenvalue weighted by Gasteiger charge is -2.23. The molecule has 0 spiro atoms. The number of imidazole rings is 1. The molecular formula is C15H23N7O7. The van der Waals surface area contributed by atoms with E-state index in [1.165, 1.54) is 12.5 Å². The number of carbonyl (C=O) groups is 5. The van der Waals surface area contributed by atoms with Gasteiger partial charge < -0.3 is 42.6 Å². The van der Waals surface area contributed by atoms with E-state index in [4.69, 9.17) is 16.6 Å². The molecule has 3 atom stereocenters. The minimum Gasteiger partial charge on any atom is -0.480 e. The number of amides is 4. The predicted octanol–water partition coefficient (Wildman–Crippen LogP) is -4.68. The van der Waals surface area contributed by atoms with Crippen molar-refractivity contribution >= 4 is 29.6 Å². The monoisotopic (exact) mass is 413 g/mol. The molecule has 0 radical (unpaired) electrons. The number of aromatic nitrogens is 2. The van der Waals surface area contributed by atoms with Crippen molar-refractivity contribution in [1.29, 1.82) is 0 Å². The van der Waals surface area contributed by atoms with Gasteiger partial charge in [0, 0.05) is 18.3 Å². The fourth-order valence-electron chi connectivity index (χ4n) is 2.22. The molecule has 160 valence electrons. The first kappa shape index (κ1) is 23.5. The van der Waals surface area contributed by atoms with Crippen LogP contribution in [0.5, 0.6) is 0 Å². The fourth-order valence-corrected chi connectivity index (χ4v) is 2.22. The lowest BCUT2D eigenvalue weighted by molar-refractivity contribution is -0.144. The zero-order valence-corrected chi connectivity index (χ0v) is 15.3. The maximum atomic E-state index is 12.5. The Bertz CT molecular complexity index is 737. The third-order valence-corrected chi connectivity index (χ3v) is 3.65. The maximum absolute atomic E-state index is 12.5. The number of aromatic amines is 1. The van der Waals surface area contributed by atoms with Crippen LogP contribution < -0.4 is 27.4 Å². The maximum Gasteiger partial charge on any atom is 0.326 e. The second-order valence-corrected chi connectivity index (χ2v) is 5.92. The van der Waals surface area contributed by atoms with Crippen LogP contribution in [0.4, 0.5) is 0 Å². The molecule has 3 unspecified atom stereocenters. The second kappa shape index (κ2) is 11.4. The van der Waals surface area contributed by atoms with Crippen molar-refractivity contribution in [2.24, 2.45) is 11.5 Å². The molecule has 29 heavy (non-hydrogen) atoms. The van der Waals surface area contributed by atoms with E-state index >= 15 is 0 Å². The van der Waals surface area contributed by atoms with Crippen molar-refractivity contribution in [2.75, 3.05) is 13.2 Å². The molecule has 1 aromatic heterocycles. The summed E-state index contributed by atoms with van der Waals surface area (Å²) < 4.78 is 0. The molecule has 10 N–H and O–H groups in total. The molecular weight excluding hydrogens is 390 g/mol. The van der Waals surface area contributed by atoms with Gasteiger partial charge >= 0.3 is 5.97 Å². The fraction of sp³-hybridized carbons (Fsp3) is 0.467. The number of aliphatic hydroxyl groups is 1. The smallest absolute Gasteiger partial charge is 0.326 e. The van der Waals surface area contributed by atoms with Crippen LogP contribution in [0.15, 0.2) is 12.5 Å². The van der Waals surface area contributed by atoms with Crippen molar-refractivity contribution in [2.45, 2.75) is 31.0 Å². The number of carboxylic acid groups (broad SMARTS) is 1. The number of aliphatic carboxylic acids is 1. The Morgan fingerprint density at radius 2 is 1.69 bits per heavy atom. The van der Waals surface area contributed by atoms with Gasteiger partial charge in [-0.3, -0.25) is 19.2 Å². The van der Waals surface area contributed by atoms with Crippen LogP contribution in [0, 0.1) is 0 Å². The van der Waals surface area contributed by atoms with Gasteiger partial charge in [-0.2, -0.15) is 0 Å². The largest absolute Gasteiger partial charge is 0.480 e. The Hall–Kier alpha value is -3.52. The number of carboxylic acids is 1. The number of aliphatic hydroxyl groups excluding tert-OH is 1. The number of nitrogens with one attached hydrogen (secondary N) is 4. The number of hydrogen-bond donors (Lipinski definition) is 8. The summed E-state index contributed by atoms with van der Waals surface area (Å²) in [5.41, 5.74) is 10.7. The van der Waals surface area contributed by atoms with E-state index in [1.807, 2.05) is 5.32 Å². The van der Waals surface area contributed by atoms with Crippen LogP contribution in [0.2, 0.25) is 0 Å². The van der Waals surface area contributed by atoms with E-state index in [-0.39, 0.29) is 13.0 Å². The average Bonchev–Trinajstić information content (AvgIpc) is 3.17. The Morgan fingerprint density at radius 1 is 1.07 bits per heavy atom. The van der Waals surface area contributed by atoms with E-state index in [0.717, 1.165) is 0 Å². The highest BCUT2D eigenvalue weighted by Crippen LogP contribution is 2.01. The van der Waals surface area contributed by atoms with Gasteiger partial charge in [0.15, 0.2) is 0 Å². The van der Waals surface area contributed by atoms with Crippen LogP contribution in [0.1, 0.15) is 12.1 Å². The first-order chi connectivity index (χ1) is 13.7. The van der Waals surface area contributed by atoms with Crippen LogP contribution >= 0.6 is 0 Å². The van der Waals surface area contributed by atoms with Crippen molar-refractivity contribution in [1.82, 2.24) is 25.9 Å². The summed E-state index contributed by atoms with van der Waals surface area (Å²) in [7, 11) is 0. The lowest BCUT2D eigenvalue weighted by Crippen LogP contribution is -2.58. The molecule has 1 heterocycles. The molecule has 4 amide bonds. The first-order valence-corrected chi connectivity index (χ1v) is 8.37. The molecule has 14 nitrogen and oxygen atoms in total. The molecule has 0 aliphatic carbocycles. The van der Waals surface area contributed by atoms with Crippen LogP contribution in [-0.4, -0.2) is 81.1 Å². The third kappa shape index (κ3) is 7.94. The number of rotatable bonds is 12. The summed E-state index contributed by atoms with van der Waals surface area (Å²) in [6, 6.07) is -4.34. The van der Waals surface area contributed by atoms with Crippen LogP contribution in [0.3, 0.4) is 0 Å². The number of primary amides is 1. The van der Waals surface area contributed by atoms with Gasteiger partial charge in [-0.1, -0.05) is 0 Å². The summed E-state index contributed by atoms with van der Waals surface area (Å²) in [4.78, 5) is 64.9. The van der Waals surface area contributed by atoms with Gasteiger partial charge in [-0.25, -0.2) is 9.78 Å². The summed E-state index contributed by atoms with van der Waals surface area (Å²) in [6.45, 7) is -1.26. The van der Waals surface area contributed by atoms with Crippen molar-refractivity contribution in [3.63, 3.8) is 0 Å². The normalized spacial score (nSPS) is 13.6. The zero-order valence-electron chi connectivity index (χ0n) is 15.3. The molecule has 0 saturated carbocycles. The van der Waals surface area contributed by atoms with Crippen LogP contribution in [-0.2, 0) is 30.4 Å². The quantitative estimate of drug-likeness (QED) is 0.164. The van der Waals surface area contributed by atoms with E-state index in [9.17, 15) is 29.1 Å². The van der Waals surface area contributed by atoms with Gasteiger partial charge in [-0.15, -0.1) is 0 Å². The summed E-state index contributed by atoms with van der Waals surface area (Å²) in [6.07, 6.45) is 2.09. The molecule has 0 fully saturated rings. The first-order valence-electron chi connectivity index (χ1n) is 8.37. The molecule has 0 aliphatic heterocycles. The Kier molecular flexibility index (Phi) is 9.21. The second-order valence-electron chi connectivity index (χ2n) is 5.92. The molecule has 0 aliphatic rings. The molecule has 0 aromatic carbocycles. The third-order valence-electron chi connectivity index (χ3n) is 3.65. The van der Waals surface area contributed by atoms with Crippen molar-refractivity contribution in [3.8, 4) is 0 Å². The van der Waals surface area contributed by atoms with Crippen LogP contribution in [0.25, 0.3) is 0 Å². The lowest BCUT2D eigenvalue weighted by atomic mass is 10.1. The van der Waals surface area contributed by atoms with Gasteiger partial charge in [0.05, 0.1) is 25.9 Å². The van der Waals surface area contributed by atoms with Crippen molar-refractivity contribution in [3.05, 3.63) is 18.2 Å². The topological polar surface area (TPSA) is 243 Å². The molecule has 1 rings (SSSR count). The number of H-pyrrole nitrogens is 1. The minimum absolute atomic E-state index is 0.0171. The van der Waals surface area contributed by atoms with E-state index < -0.39 is 60.8 Å². The highest BCUT2D eigenvalue weighted by molar-refractivity contribution is 5.94. The zero-order chi connectivity index (χ0) is 22.0. The SMILES string of the molecule is NCC(=O)NC(Cc1cnc[nH]1)C(=O)NC(CO)C(=O)NC(CC(N)=O)C(=O)O. The van der Waals surface area contributed by atoms with Crippen molar-refractivity contribution < 1.29 is 34.2 Å². The van der Waals surface area contributed by atoms with Gasteiger partial charge in [0.2, 0.25) is 23.6 Å². The average molecular weight is 413 g/mol. The number of nitrogens with two attached hydrogens (primary N) is 2. The Labute approximate surface area is 164 Å². The standard InChI is InChI=1S/C15H23N7O7/c16-3-12(25)20-8(1-7-4-18-6-19-7)13(26)22-10(5-23)14(27)21-9(15(28)29)2-11(17)24/h4,6,8-10,23H,1-3,5,16H2,(H2,17,24)(H,18,19)(H,20,25)(H,21,27)(H,22,26)(H,28,29). The predicted molar refractivity (Wildman–Crippen MR) is 95.7 cm³/mol. The molecule has 1 aromatic rings. The van der Waals surface area contributed by atoms with E-state index in [0.29, 0.717) is 5.69 Å². The molecule has 0 saturated heterocycles. The Balaban J connectivity index is 2.84. The number of carbonyl (C=O) groups excluding carboxylic acids is 4. The Morgan fingerprint density at radius 3 is 2.17 bits per heavy atom. The van der Waals surface area contributed by atoms with Gasteiger partial charge in [0.25, 0.3) is 0 Å². The number of nitrogens with zero attached hydrogens (tertiary/aromatic N) is 1. The highest BCUT2D eigenvalue weighted by atomic mass is 16.4. The van der Waals surface area contributed by atoms with E-state index in [2.05, 4.69) is 20.6 Å². The van der Waals surface area contributed by atoms with Gasteiger partial charge in [0.1, 0.15) is 18.1 Å². The molecule has 0 bridgehead atoms. The molecule has 14 heteroatoms. The van der Waals surface area contributed by atoms with E-state index in [1.54, 1.807) is 0 Å². The highest BCUT2D eigenvalue weighted by Gasteiger charge is 2.30. The summed E-state index contributed by atoms with van der Waals surface area (Å²) in [5, 5.41) is 25.0. The number of hydrogen-bond acceptors (Lipinski definition) is 8. The minimum atomic E-state index is -1.64. The summed E-state index contributed by atoms with van der Waals surface area (Å²) >= 11 is 0. The summed E-state index contributed by atoms with van der Waals surface area (Å²) in [5.74, 6) is -5.02.